The molecule has 0 aliphatic carbocycles. The topological polar surface area (TPSA) is 254 Å². The minimum absolute atomic E-state index is 0. The van der Waals surface area contributed by atoms with Crippen LogP contribution in [-0.2, 0) is 63.9 Å². The van der Waals surface area contributed by atoms with E-state index in [1.165, 1.54) is 0 Å². The largest absolute Gasteiger partial charge is 0.444 e. The molecule has 6 N–H and O–H groups in total. The average molecular weight is 1310 g/mol. The van der Waals surface area contributed by atoms with Crippen LogP contribution >= 0.6 is 0 Å². The molecule has 0 radical (unpaired) electrons. The summed E-state index contributed by atoms with van der Waals surface area (Å²) in [6.45, 7) is 18.1. The van der Waals surface area contributed by atoms with Crippen molar-refractivity contribution in [2.75, 3.05) is 68.5 Å². The summed E-state index contributed by atoms with van der Waals surface area (Å²) < 4.78 is 10.8. The van der Waals surface area contributed by atoms with E-state index < -0.39 is 69.2 Å². The van der Waals surface area contributed by atoms with Gasteiger partial charge in [-0.3, -0.25) is 38.8 Å². The maximum Gasteiger partial charge on any atom is 0.408 e. The maximum absolute atomic E-state index is 14.6. The number of nitrogens with zero attached hydrogens (tertiary/aromatic N) is 6. The van der Waals surface area contributed by atoms with Gasteiger partial charge in [0.05, 0.1) is 10.8 Å². The third-order valence-electron chi connectivity index (χ3n) is 17.4. The number of fused-ring (bicyclic) bond motifs is 2. The number of aromatic amines is 2. The van der Waals surface area contributed by atoms with Crippen molar-refractivity contribution >= 4 is 69.4 Å². The number of hydrogen-bond acceptors (Lipinski definition) is 12. The molecule has 0 saturated carbocycles. The van der Waals surface area contributed by atoms with Crippen molar-refractivity contribution < 1.29 is 47.8 Å². The van der Waals surface area contributed by atoms with E-state index in [1.807, 2.05) is 150 Å². The van der Waals surface area contributed by atoms with Crippen LogP contribution in [0.2, 0.25) is 0 Å². The zero-order valence-corrected chi connectivity index (χ0v) is 58.0. The molecule has 22 nitrogen and oxygen atoms in total. The van der Waals surface area contributed by atoms with Crippen molar-refractivity contribution in [3.8, 4) is 0 Å². The van der Waals surface area contributed by atoms with E-state index >= 15 is 0 Å². The van der Waals surface area contributed by atoms with Crippen LogP contribution in [0.5, 0.6) is 0 Å². The molecule has 516 valence electrons. The summed E-state index contributed by atoms with van der Waals surface area (Å²) >= 11 is 0. The number of ether oxygens (including phenoxy) is 2. The highest BCUT2D eigenvalue weighted by Crippen LogP contribution is 2.39. The van der Waals surface area contributed by atoms with Crippen molar-refractivity contribution in [1.82, 2.24) is 61.1 Å². The number of likely N-dealkylation sites (tertiary alicyclic amines) is 2. The Kier molecular flexibility index (Phi) is 24.7. The van der Waals surface area contributed by atoms with E-state index in [4.69, 9.17) is 9.47 Å². The van der Waals surface area contributed by atoms with Crippen molar-refractivity contribution in [2.45, 2.75) is 162 Å². The molecule has 4 heterocycles. The molecular formula is C73H104N12O10. The van der Waals surface area contributed by atoms with Gasteiger partial charge in [0.1, 0.15) is 34.4 Å². The van der Waals surface area contributed by atoms with E-state index in [-0.39, 0.29) is 57.0 Å². The first-order chi connectivity index (χ1) is 44.0. The number of nitrogens with one attached hydrogen (secondary N) is 6. The number of aromatic nitrogens is 2. The first-order valence-corrected chi connectivity index (χ1v) is 32.3. The van der Waals surface area contributed by atoms with Gasteiger partial charge in [-0.25, -0.2) is 19.6 Å². The van der Waals surface area contributed by atoms with Gasteiger partial charge in [0.15, 0.2) is 0 Å². The SMILES string of the molecule is C.CN(C)N(C)C(=O)[C@@]1(Cc2ccccc2)CCCN(C(=O)[C@@H](Cc2c[nH]c3ccccc23)NC(=O)C(C)(C)NC(=O)OC(C)(C)C)C1.CN(C)N(C)C(=O)[C@]1(Cc2ccccc2)CCCN(C(=O)[C@@H](Cc2c[nH]c3ccccc23)NC(=O)C(C)(C)NC(=O)OC(C)(C)C)C1. The lowest BCUT2D eigenvalue weighted by Gasteiger charge is -2.45. The molecule has 4 aromatic carbocycles. The number of H-pyrrole nitrogens is 2. The van der Waals surface area contributed by atoms with E-state index in [9.17, 15) is 38.4 Å². The van der Waals surface area contributed by atoms with Crippen LogP contribution in [0.25, 0.3) is 21.8 Å². The highest BCUT2D eigenvalue weighted by molar-refractivity contribution is 5.96. The number of carbonyl (C=O) groups excluding carboxylic acids is 8. The predicted octanol–water partition coefficient (Wildman–Crippen LogP) is 9.21. The molecule has 0 spiro atoms. The summed E-state index contributed by atoms with van der Waals surface area (Å²) in [6, 6.07) is 33.4. The van der Waals surface area contributed by atoms with Gasteiger partial charge in [0.2, 0.25) is 35.4 Å². The van der Waals surface area contributed by atoms with Crippen LogP contribution in [-0.4, -0.2) is 190 Å². The third-order valence-corrected chi connectivity index (χ3v) is 17.4. The Bertz CT molecular complexity index is 3390. The number of benzene rings is 4. The standard InChI is InChI=1S/2C36H50N6O5.CH4/c2*1-34(2,3)47-33(46)39-35(4,5)31(44)38-29(21-26-23-37-28-18-13-12-17-27(26)28)30(43)42-20-14-19-36(24-42,32(45)41(8)40(6)7)22-25-15-10-9-11-16-25;/h2*9-13,15-18,23,29,37H,14,19-22,24H2,1-8H3,(H,38,44)(H,39,46);1H4/t29-,36+;29-,36-;/m11./s1. The van der Waals surface area contributed by atoms with Gasteiger partial charge in [-0.15, -0.1) is 0 Å². The van der Waals surface area contributed by atoms with Gasteiger partial charge in [-0.1, -0.05) is 104 Å². The number of rotatable bonds is 20. The molecule has 95 heavy (non-hydrogen) atoms. The number of piperidine rings is 2. The van der Waals surface area contributed by atoms with Gasteiger partial charge in [0, 0.05) is 116 Å². The Balaban J connectivity index is 0.000000298. The van der Waals surface area contributed by atoms with Crippen LogP contribution in [0.4, 0.5) is 9.59 Å². The quantitative estimate of drug-likeness (QED) is 0.0391. The first-order valence-electron chi connectivity index (χ1n) is 32.3. The van der Waals surface area contributed by atoms with Crippen molar-refractivity contribution in [1.29, 1.82) is 0 Å². The second-order valence-electron chi connectivity index (χ2n) is 28.6. The highest BCUT2D eigenvalue weighted by Gasteiger charge is 2.49. The average Bonchev–Trinajstić information content (AvgIpc) is 1.39. The van der Waals surface area contributed by atoms with Gasteiger partial charge in [-0.05, 0) is 142 Å². The molecule has 2 aromatic heterocycles. The number of hydrazine groups is 2. The van der Waals surface area contributed by atoms with E-state index in [1.54, 1.807) is 113 Å². The Morgan fingerprint density at radius 1 is 0.495 bits per heavy atom. The second kappa shape index (κ2) is 31.2. The van der Waals surface area contributed by atoms with Gasteiger partial charge in [-0.2, -0.15) is 0 Å². The van der Waals surface area contributed by atoms with Crippen LogP contribution in [0, 0.1) is 10.8 Å². The molecule has 2 aliphatic rings. The molecule has 0 bridgehead atoms. The Morgan fingerprint density at radius 3 is 1.15 bits per heavy atom. The summed E-state index contributed by atoms with van der Waals surface area (Å²) in [6.07, 6.45) is 6.11. The summed E-state index contributed by atoms with van der Waals surface area (Å²) in [7, 11) is 10.8. The summed E-state index contributed by atoms with van der Waals surface area (Å²) in [5.41, 5.74) is -0.375. The second-order valence-corrected chi connectivity index (χ2v) is 28.6. The minimum Gasteiger partial charge on any atom is -0.444 e. The predicted molar refractivity (Wildman–Crippen MR) is 371 cm³/mol. The number of amides is 8. The fourth-order valence-corrected chi connectivity index (χ4v) is 12.2. The molecule has 22 heteroatoms. The Morgan fingerprint density at radius 2 is 0.821 bits per heavy atom. The minimum atomic E-state index is -1.38. The number of carbonyl (C=O) groups is 8. The van der Waals surface area contributed by atoms with Crippen LogP contribution in [0.3, 0.4) is 0 Å². The normalized spacial score (nSPS) is 17.5. The number of alkyl carbamates (subject to hydrolysis) is 2. The monoisotopic (exact) mass is 1310 g/mol. The summed E-state index contributed by atoms with van der Waals surface area (Å²) in [5.74, 6) is -1.76. The number of hydrogen-bond donors (Lipinski definition) is 6. The lowest BCUT2D eigenvalue weighted by molar-refractivity contribution is -0.160. The van der Waals surface area contributed by atoms with E-state index in [2.05, 4.69) is 31.2 Å². The fraction of sp³-hybridized carbons (Fsp3) is 0.507. The van der Waals surface area contributed by atoms with Crippen molar-refractivity contribution in [3.63, 3.8) is 0 Å². The number of para-hydroxylation sites is 2. The molecule has 8 amide bonds. The zero-order valence-electron chi connectivity index (χ0n) is 58.0. The maximum atomic E-state index is 14.6. The van der Waals surface area contributed by atoms with E-state index in [0.29, 0.717) is 51.6 Å². The molecule has 0 unspecified atom stereocenters. The van der Waals surface area contributed by atoms with Gasteiger partial charge < -0.3 is 50.5 Å². The molecular weight excluding hydrogens is 1200 g/mol. The summed E-state index contributed by atoms with van der Waals surface area (Å²) in [5, 5.41) is 19.8. The lowest BCUT2D eigenvalue weighted by atomic mass is 9.74. The summed E-state index contributed by atoms with van der Waals surface area (Å²) in [4.78, 5) is 120. The molecule has 2 saturated heterocycles. The van der Waals surface area contributed by atoms with E-state index in [0.717, 1.165) is 44.1 Å². The Labute approximate surface area is 561 Å². The van der Waals surface area contributed by atoms with Crippen molar-refractivity contribution in [2.24, 2.45) is 10.8 Å². The Hall–Kier alpha value is -8.76. The first kappa shape index (κ1) is 75.3. The molecule has 2 fully saturated rings. The van der Waals surface area contributed by atoms with Gasteiger partial charge >= 0.3 is 12.2 Å². The molecule has 2 aliphatic heterocycles. The molecule has 8 rings (SSSR count). The lowest BCUT2D eigenvalue weighted by Crippen LogP contribution is -2.62. The highest BCUT2D eigenvalue weighted by atomic mass is 16.6. The third kappa shape index (κ3) is 19.7. The fourth-order valence-electron chi connectivity index (χ4n) is 12.2. The van der Waals surface area contributed by atoms with Crippen LogP contribution in [0.1, 0.15) is 125 Å². The van der Waals surface area contributed by atoms with Crippen LogP contribution in [0.15, 0.2) is 122 Å². The van der Waals surface area contributed by atoms with Crippen molar-refractivity contribution in [3.05, 3.63) is 144 Å². The molecule has 6 aromatic rings. The zero-order chi connectivity index (χ0) is 69.1. The van der Waals surface area contributed by atoms with Gasteiger partial charge in [0.25, 0.3) is 0 Å². The molecule has 4 atom stereocenters. The smallest absolute Gasteiger partial charge is 0.408 e. The van der Waals surface area contributed by atoms with Crippen LogP contribution < -0.4 is 21.3 Å².